The standard InChI is InChI=1S/C20H25N7S/c1-11(2)15-16(14-9-27-18(22-10-23-27)13(4)12(14)3)24-19-17(15)25-20(28-19)26-7-5-21-6-8-26/h9-11,21,24H,5-8H2,1-4H3. The van der Waals surface area contributed by atoms with Crippen molar-refractivity contribution in [3.05, 3.63) is 29.2 Å². The maximum absolute atomic E-state index is 5.06. The first-order chi connectivity index (χ1) is 13.5. The lowest BCUT2D eigenvalue weighted by Gasteiger charge is -2.26. The van der Waals surface area contributed by atoms with Gasteiger partial charge in [-0.3, -0.25) is 0 Å². The predicted octanol–water partition coefficient (Wildman–Crippen LogP) is 3.48. The predicted molar refractivity (Wildman–Crippen MR) is 115 cm³/mol. The van der Waals surface area contributed by atoms with Gasteiger partial charge in [0.15, 0.2) is 10.8 Å². The zero-order valence-corrected chi connectivity index (χ0v) is 17.5. The van der Waals surface area contributed by atoms with Gasteiger partial charge in [-0.15, -0.1) is 0 Å². The summed E-state index contributed by atoms with van der Waals surface area (Å²) in [6.45, 7) is 12.8. The van der Waals surface area contributed by atoms with Crippen molar-refractivity contribution in [1.29, 1.82) is 0 Å². The Hall–Kier alpha value is -2.45. The van der Waals surface area contributed by atoms with E-state index in [4.69, 9.17) is 4.98 Å². The van der Waals surface area contributed by atoms with Crippen LogP contribution in [0.5, 0.6) is 0 Å². The number of H-pyrrole nitrogens is 1. The molecule has 0 bridgehead atoms. The average Bonchev–Trinajstić information content (AvgIpc) is 3.38. The number of pyridine rings is 1. The monoisotopic (exact) mass is 395 g/mol. The van der Waals surface area contributed by atoms with E-state index in [-0.39, 0.29) is 0 Å². The lowest BCUT2D eigenvalue weighted by molar-refractivity contribution is 0.588. The number of hydrogen-bond donors (Lipinski definition) is 2. The van der Waals surface area contributed by atoms with E-state index >= 15 is 0 Å². The van der Waals surface area contributed by atoms with Crippen molar-refractivity contribution in [3.8, 4) is 11.3 Å². The molecule has 4 aromatic rings. The van der Waals surface area contributed by atoms with Crippen LogP contribution in [0.1, 0.15) is 36.5 Å². The van der Waals surface area contributed by atoms with E-state index in [2.05, 4.69) is 59.2 Å². The summed E-state index contributed by atoms with van der Waals surface area (Å²) in [5, 5.41) is 8.90. The van der Waals surface area contributed by atoms with Gasteiger partial charge >= 0.3 is 0 Å². The molecule has 8 heteroatoms. The van der Waals surface area contributed by atoms with Crippen LogP contribution in [0.2, 0.25) is 0 Å². The van der Waals surface area contributed by atoms with Crippen LogP contribution < -0.4 is 10.2 Å². The second-order valence-electron chi connectivity index (χ2n) is 7.80. The second-order valence-corrected chi connectivity index (χ2v) is 8.78. The molecule has 0 radical (unpaired) electrons. The molecule has 1 aliphatic rings. The lowest BCUT2D eigenvalue weighted by Crippen LogP contribution is -2.43. The molecule has 4 aromatic heterocycles. The van der Waals surface area contributed by atoms with Gasteiger partial charge in [0.1, 0.15) is 16.7 Å². The van der Waals surface area contributed by atoms with Gasteiger partial charge in [-0.25, -0.2) is 14.5 Å². The molecule has 0 aliphatic carbocycles. The minimum Gasteiger partial charge on any atom is -0.345 e. The summed E-state index contributed by atoms with van der Waals surface area (Å²) < 4.78 is 1.87. The van der Waals surface area contributed by atoms with Crippen LogP contribution in [-0.4, -0.2) is 50.7 Å². The Morgan fingerprint density at radius 1 is 1.14 bits per heavy atom. The molecule has 0 spiro atoms. The summed E-state index contributed by atoms with van der Waals surface area (Å²) in [6.07, 6.45) is 3.70. The summed E-state index contributed by atoms with van der Waals surface area (Å²) >= 11 is 1.76. The molecule has 0 atom stereocenters. The minimum absolute atomic E-state index is 0.368. The molecule has 2 N–H and O–H groups in total. The molecule has 1 aliphatic heterocycles. The zero-order chi connectivity index (χ0) is 19.4. The second kappa shape index (κ2) is 6.56. The first-order valence-electron chi connectivity index (χ1n) is 9.82. The number of aromatic nitrogens is 5. The molecule has 146 valence electrons. The van der Waals surface area contributed by atoms with Crippen LogP contribution in [0.4, 0.5) is 5.13 Å². The van der Waals surface area contributed by atoms with E-state index in [0.29, 0.717) is 5.92 Å². The van der Waals surface area contributed by atoms with Crippen molar-refractivity contribution >= 4 is 32.5 Å². The molecule has 5 heterocycles. The normalized spacial score (nSPS) is 15.4. The van der Waals surface area contributed by atoms with E-state index in [9.17, 15) is 0 Å². The van der Waals surface area contributed by atoms with Crippen molar-refractivity contribution in [2.45, 2.75) is 33.6 Å². The average molecular weight is 396 g/mol. The molecule has 0 amide bonds. The molecule has 0 aromatic carbocycles. The van der Waals surface area contributed by atoms with Crippen LogP contribution >= 0.6 is 11.3 Å². The number of hydrogen-bond acceptors (Lipinski definition) is 6. The Kier molecular flexibility index (Phi) is 4.13. The van der Waals surface area contributed by atoms with Gasteiger partial charge in [0.2, 0.25) is 0 Å². The van der Waals surface area contributed by atoms with Gasteiger partial charge in [-0.2, -0.15) is 5.10 Å². The summed E-state index contributed by atoms with van der Waals surface area (Å²) in [7, 11) is 0. The topological polar surface area (TPSA) is 74.1 Å². The van der Waals surface area contributed by atoms with Gasteiger partial charge < -0.3 is 15.2 Å². The highest BCUT2D eigenvalue weighted by molar-refractivity contribution is 7.21. The summed E-state index contributed by atoms with van der Waals surface area (Å²) in [6, 6.07) is 0. The SMILES string of the molecule is Cc1c(-c2[nH]c3sc(N4CCNCC4)nc3c2C(C)C)cn2ncnc2c1C. The largest absolute Gasteiger partial charge is 0.345 e. The summed E-state index contributed by atoms with van der Waals surface area (Å²) in [4.78, 5) is 16.7. The Morgan fingerprint density at radius 2 is 1.93 bits per heavy atom. The van der Waals surface area contributed by atoms with Gasteiger partial charge in [0, 0.05) is 43.5 Å². The maximum Gasteiger partial charge on any atom is 0.187 e. The van der Waals surface area contributed by atoms with Crippen molar-refractivity contribution in [2.75, 3.05) is 31.1 Å². The Morgan fingerprint density at radius 3 is 2.68 bits per heavy atom. The van der Waals surface area contributed by atoms with Gasteiger partial charge in [0.05, 0.1) is 5.69 Å². The number of piperazine rings is 1. The first kappa shape index (κ1) is 17.6. The molecule has 5 rings (SSSR count). The smallest absolute Gasteiger partial charge is 0.187 e. The number of nitrogens with one attached hydrogen (secondary N) is 2. The van der Waals surface area contributed by atoms with E-state index in [1.807, 2.05) is 4.52 Å². The Labute approximate surface area is 167 Å². The van der Waals surface area contributed by atoms with E-state index in [1.54, 1.807) is 17.7 Å². The van der Waals surface area contributed by atoms with Crippen molar-refractivity contribution < 1.29 is 0 Å². The van der Waals surface area contributed by atoms with Crippen LogP contribution in [0, 0.1) is 13.8 Å². The van der Waals surface area contributed by atoms with Crippen molar-refractivity contribution in [2.24, 2.45) is 0 Å². The summed E-state index contributed by atoms with van der Waals surface area (Å²) in [5.74, 6) is 0.368. The lowest BCUT2D eigenvalue weighted by atomic mass is 9.96. The molecular weight excluding hydrogens is 370 g/mol. The highest BCUT2D eigenvalue weighted by Gasteiger charge is 2.24. The highest BCUT2D eigenvalue weighted by Crippen LogP contribution is 2.41. The Bertz CT molecular complexity index is 1160. The zero-order valence-electron chi connectivity index (χ0n) is 16.7. The van der Waals surface area contributed by atoms with Gasteiger partial charge in [-0.05, 0) is 30.9 Å². The van der Waals surface area contributed by atoms with Gasteiger partial charge in [0.25, 0.3) is 0 Å². The number of thiazole rings is 1. The third-order valence-corrected chi connectivity index (χ3v) is 6.77. The number of nitrogens with zero attached hydrogens (tertiary/aromatic N) is 5. The van der Waals surface area contributed by atoms with Gasteiger partial charge in [-0.1, -0.05) is 25.2 Å². The molecule has 0 unspecified atom stereocenters. The Balaban J connectivity index is 1.68. The quantitative estimate of drug-likeness (QED) is 0.555. The molecular formula is C20H25N7S. The fourth-order valence-electron chi connectivity index (χ4n) is 4.10. The van der Waals surface area contributed by atoms with E-state index in [1.165, 1.54) is 16.7 Å². The highest BCUT2D eigenvalue weighted by atomic mass is 32.1. The molecule has 28 heavy (non-hydrogen) atoms. The maximum atomic E-state index is 5.06. The number of aromatic amines is 1. The first-order valence-corrected chi connectivity index (χ1v) is 10.6. The van der Waals surface area contributed by atoms with E-state index < -0.39 is 0 Å². The number of aryl methyl sites for hydroxylation is 1. The van der Waals surface area contributed by atoms with Crippen molar-refractivity contribution in [3.63, 3.8) is 0 Å². The minimum atomic E-state index is 0.368. The van der Waals surface area contributed by atoms with Crippen LogP contribution in [0.3, 0.4) is 0 Å². The number of rotatable bonds is 3. The van der Waals surface area contributed by atoms with E-state index in [0.717, 1.165) is 58.6 Å². The third-order valence-electron chi connectivity index (χ3n) is 5.74. The van der Waals surface area contributed by atoms with Crippen LogP contribution in [-0.2, 0) is 0 Å². The number of fused-ring (bicyclic) bond motifs is 2. The molecule has 0 saturated carbocycles. The molecule has 1 saturated heterocycles. The number of anilines is 1. The third kappa shape index (κ3) is 2.62. The van der Waals surface area contributed by atoms with Crippen LogP contribution in [0.15, 0.2) is 12.5 Å². The van der Waals surface area contributed by atoms with Crippen molar-refractivity contribution in [1.82, 2.24) is 29.9 Å². The molecule has 1 fully saturated rings. The summed E-state index contributed by atoms with van der Waals surface area (Å²) in [5.41, 5.74) is 8.05. The fraction of sp³-hybridized carbons (Fsp3) is 0.450. The molecule has 7 nitrogen and oxygen atoms in total. The van der Waals surface area contributed by atoms with Crippen LogP contribution in [0.25, 0.3) is 27.3 Å². The fourth-order valence-corrected chi connectivity index (χ4v) is 5.13.